The molecular formula is C21H24ClN3O6S. The maximum atomic E-state index is 12.3. The normalized spacial score (nSPS) is 11.0. The average Bonchev–Trinajstić information content (AvgIpc) is 2.74. The van der Waals surface area contributed by atoms with Crippen molar-refractivity contribution in [2.75, 3.05) is 25.0 Å². The number of anilines is 1. The number of esters is 1. The predicted molar refractivity (Wildman–Crippen MR) is 120 cm³/mol. The van der Waals surface area contributed by atoms with Crippen LogP contribution in [0, 0.1) is 20.8 Å². The summed E-state index contributed by atoms with van der Waals surface area (Å²) in [7, 11) is -3.90. The Morgan fingerprint density at radius 1 is 0.969 bits per heavy atom. The van der Waals surface area contributed by atoms with Crippen molar-refractivity contribution < 1.29 is 27.5 Å². The highest BCUT2D eigenvalue weighted by atomic mass is 35.5. The van der Waals surface area contributed by atoms with Gasteiger partial charge in [-0.3, -0.25) is 14.4 Å². The first-order valence-corrected chi connectivity index (χ1v) is 11.4. The van der Waals surface area contributed by atoms with Gasteiger partial charge in [-0.2, -0.15) is 4.72 Å². The molecule has 32 heavy (non-hydrogen) atoms. The lowest BCUT2D eigenvalue weighted by atomic mass is 10.1. The van der Waals surface area contributed by atoms with E-state index in [4.69, 9.17) is 16.3 Å². The molecule has 172 valence electrons. The van der Waals surface area contributed by atoms with Gasteiger partial charge in [0.05, 0.1) is 11.4 Å². The molecule has 2 amide bonds. The van der Waals surface area contributed by atoms with Crippen LogP contribution in [0.5, 0.6) is 0 Å². The highest BCUT2D eigenvalue weighted by molar-refractivity contribution is 7.89. The number of carbonyl (C=O) groups is 3. The van der Waals surface area contributed by atoms with E-state index in [1.54, 1.807) is 38.1 Å². The Labute approximate surface area is 191 Å². The molecule has 0 aliphatic rings. The van der Waals surface area contributed by atoms with E-state index in [0.29, 0.717) is 16.3 Å². The van der Waals surface area contributed by atoms with Gasteiger partial charge in [0.25, 0.3) is 5.91 Å². The molecule has 0 atom stereocenters. The third-order valence-corrected chi connectivity index (χ3v) is 6.36. The quantitative estimate of drug-likeness (QED) is 0.468. The van der Waals surface area contributed by atoms with Crippen LogP contribution in [-0.4, -0.2) is 45.9 Å². The summed E-state index contributed by atoms with van der Waals surface area (Å²) in [5.41, 5.74) is 2.93. The van der Waals surface area contributed by atoms with Gasteiger partial charge in [0, 0.05) is 10.7 Å². The number of hydrogen-bond donors (Lipinski definition) is 3. The minimum absolute atomic E-state index is 0.0205. The molecule has 0 spiro atoms. The van der Waals surface area contributed by atoms with Crippen molar-refractivity contribution in [2.45, 2.75) is 25.7 Å². The first kappa shape index (κ1) is 25.3. The number of hydrogen-bond acceptors (Lipinski definition) is 6. The molecule has 0 aliphatic heterocycles. The summed E-state index contributed by atoms with van der Waals surface area (Å²) in [6.45, 7) is 3.72. The molecule has 0 fully saturated rings. The van der Waals surface area contributed by atoms with Gasteiger partial charge in [0.1, 0.15) is 6.54 Å². The zero-order valence-electron chi connectivity index (χ0n) is 17.8. The van der Waals surface area contributed by atoms with E-state index < -0.39 is 41.0 Å². The Balaban J connectivity index is 1.74. The van der Waals surface area contributed by atoms with Gasteiger partial charge in [0.2, 0.25) is 15.9 Å². The van der Waals surface area contributed by atoms with Crippen molar-refractivity contribution in [3.8, 4) is 0 Å². The molecule has 0 bridgehead atoms. The maximum absolute atomic E-state index is 12.3. The molecule has 3 N–H and O–H groups in total. The molecule has 9 nitrogen and oxygen atoms in total. The molecule has 2 rings (SSSR count). The van der Waals surface area contributed by atoms with E-state index >= 15 is 0 Å². The fourth-order valence-corrected chi connectivity index (χ4v) is 3.71. The van der Waals surface area contributed by atoms with Crippen LogP contribution < -0.4 is 15.4 Å². The van der Waals surface area contributed by atoms with Crippen molar-refractivity contribution in [1.82, 2.24) is 10.0 Å². The highest BCUT2D eigenvalue weighted by Crippen LogP contribution is 2.22. The first-order valence-electron chi connectivity index (χ1n) is 9.54. The maximum Gasteiger partial charge on any atom is 0.321 e. The average molecular weight is 482 g/mol. The van der Waals surface area contributed by atoms with Gasteiger partial charge in [-0.1, -0.05) is 23.7 Å². The first-order chi connectivity index (χ1) is 15.0. The van der Waals surface area contributed by atoms with Crippen molar-refractivity contribution in [3.63, 3.8) is 0 Å². The van der Waals surface area contributed by atoms with Crippen molar-refractivity contribution in [2.24, 2.45) is 0 Å². The number of benzene rings is 2. The van der Waals surface area contributed by atoms with Crippen molar-refractivity contribution >= 4 is 45.1 Å². The fraction of sp³-hybridized carbons (Fsp3) is 0.286. The Hall–Kier alpha value is -2.95. The van der Waals surface area contributed by atoms with Gasteiger partial charge in [-0.25, -0.2) is 8.42 Å². The highest BCUT2D eigenvalue weighted by Gasteiger charge is 2.17. The molecule has 0 unspecified atom stereocenters. The minimum atomic E-state index is -3.90. The lowest BCUT2D eigenvalue weighted by molar-refractivity contribution is -0.147. The van der Waals surface area contributed by atoms with E-state index in [9.17, 15) is 22.8 Å². The standard InChI is InChI=1S/C21H24ClN3O6S/c1-13-7-8-16(9-14(13)2)32(29,30)24-11-21(28)31-12-20(27)23-10-19(26)25-18-6-4-5-17(22)15(18)3/h4-9,24H,10-12H2,1-3H3,(H,23,27)(H,25,26). The number of aryl methyl sites for hydroxylation is 2. The molecule has 0 radical (unpaired) electrons. The van der Waals surface area contributed by atoms with Gasteiger partial charge in [-0.05, 0) is 61.7 Å². The molecule has 0 aliphatic carbocycles. The molecule has 11 heteroatoms. The summed E-state index contributed by atoms with van der Waals surface area (Å²) in [5.74, 6) is -2.14. The van der Waals surface area contributed by atoms with E-state index in [1.807, 2.05) is 6.92 Å². The summed E-state index contributed by atoms with van der Waals surface area (Å²) in [6, 6.07) is 9.62. The van der Waals surface area contributed by atoms with Crippen LogP contribution in [0.1, 0.15) is 16.7 Å². The molecule has 0 heterocycles. The molecule has 0 saturated carbocycles. The number of rotatable bonds is 9. The number of sulfonamides is 1. The lowest BCUT2D eigenvalue weighted by Crippen LogP contribution is -2.37. The summed E-state index contributed by atoms with van der Waals surface area (Å²) < 4.78 is 31.4. The zero-order chi connectivity index (χ0) is 23.9. The van der Waals surface area contributed by atoms with E-state index in [1.165, 1.54) is 12.1 Å². The Bertz CT molecular complexity index is 1130. The van der Waals surface area contributed by atoms with Crippen LogP contribution in [-0.2, 0) is 29.1 Å². The second-order valence-electron chi connectivity index (χ2n) is 6.97. The lowest BCUT2D eigenvalue weighted by Gasteiger charge is -2.11. The number of nitrogens with one attached hydrogen (secondary N) is 3. The third kappa shape index (κ3) is 7.33. The van der Waals surface area contributed by atoms with Gasteiger partial charge >= 0.3 is 5.97 Å². The van der Waals surface area contributed by atoms with Crippen LogP contribution >= 0.6 is 11.6 Å². The van der Waals surface area contributed by atoms with Gasteiger partial charge in [-0.15, -0.1) is 0 Å². The number of ether oxygens (including phenoxy) is 1. The van der Waals surface area contributed by atoms with Crippen LogP contribution in [0.4, 0.5) is 5.69 Å². The fourth-order valence-electron chi connectivity index (χ4n) is 2.48. The van der Waals surface area contributed by atoms with Crippen molar-refractivity contribution in [1.29, 1.82) is 0 Å². The molecule has 0 saturated heterocycles. The van der Waals surface area contributed by atoms with E-state index in [-0.39, 0.29) is 11.4 Å². The second kappa shape index (κ2) is 11.1. The van der Waals surface area contributed by atoms with Crippen molar-refractivity contribution in [3.05, 3.63) is 58.1 Å². The number of halogens is 1. The predicted octanol–water partition coefficient (Wildman–Crippen LogP) is 1.84. The Morgan fingerprint density at radius 3 is 2.38 bits per heavy atom. The molecular weight excluding hydrogens is 458 g/mol. The summed E-state index contributed by atoms with van der Waals surface area (Å²) >= 11 is 5.99. The van der Waals surface area contributed by atoms with Gasteiger partial charge in [0.15, 0.2) is 6.61 Å². The van der Waals surface area contributed by atoms with Crippen LogP contribution in [0.15, 0.2) is 41.3 Å². The van der Waals surface area contributed by atoms with Crippen LogP contribution in [0.25, 0.3) is 0 Å². The zero-order valence-corrected chi connectivity index (χ0v) is 19.4. The summed E-state index contributed by atoms with van der Waals surface area (Å²) in [4.78, 5) is 35.5. The topological polar surface area (TPSA) is 131 Å². The Kier molecular flexibility index (Phi) is 8.76. The largest absolute Gasteiger partial charge is 0.455 e. The van der Waals surface area contributed by atoms with Crippen LogP contribution in [0.2, 0.25) is 5.02 Å². The van der Waals surface area contributed by atoms with E-state index in [0.717, 1.165) is 11.1 Å². The third-order valence-electron chi connectivity index (χ3n) is 4.55. The number of amides is 2. The van der Waals surface area contributed by atoms with E-state index in [2.05, 4.69) is 15.4 Å². The van der Waals surface area contributed by atoms with Gasteiger partial charge < -0.3 is 15.4 Å². The number of carbonyl (C=O) groups excluding carboxylic acids is 3. The second-order valence-corrected chi connectivity index (χ2v) is 9.14. The minimum Gasteiger partial charge on any atom is -0.455 e. The summed E-state index contributed by atoms with van der Waals surface area (Å²) in [6.07, 6.45) is 0. The SMILES string of the molecule is Cc1ccc(S(=O)(=O)NCC(=O)OCC(=O)NCC(=O)Nc2cccc(Cl)c2C)cc1C. The Morgan fingerprint density at radius 2 is 1.69 bits per heavy atom. The smallest absolute Gasteiger partial charge is 0.321 e. The molecule has 2 aromatic carbocycles. The molecule has 0 aromatic heterocycles. The summed E-state index contributed by atoms with van der Waals surface area (Å²) in [5, 5.41) is 5.40. The van der Waals surface area contributed by atoms with Crippen LogP contribution in [0.3, 0.4) is 0 Å². The monoisotopic (exact) mass is 481 g/mol. The molecule has 2 aromatic rings.